The molecule has 2 rings (SSSR count). The molecule has 6 nitrogen and oxygen atoms in total. The number of amides is 1. The highest BCUT2D eigenvalue weighted by molar-refractivity contribution is 9.10. The van der Waals surface area contributed by atoms with Gasteiger partial charge in [0.15, 0.2) is 5.69 Å². The van der Waals surface area contributed by atoms with Crippen molar-refractivity contribution in [1.29, 1.82) is 0 Å². The Kier molecular flexibility index (Phi) is 6.44. The number of H-pyrrole nitrogens is 1. The predicted molar refractivity (Wildman–Crippen MR) is 82.3 cm³/mol. The standard InChI is InChI=1S/C12H19BrN4O2.ClH/c1-6(2)10-9(13)11(17-16-10)12(19)15-4-7-3-14-5-8(7)18;/h6-8,14,18H,3-5H2,1-2H3,(H,15,19)(H,16,17);1H. The van der Waals surface area contributed by atoms with Crippen LogP contribution >= 0.6 is 28.3 Å². The number of carbonyl (C=O) groups is 1. The van der Waals surface area contributed by atoms with Gasteiger partial charge in [0, 0.05) is 25.6 Å². The summed E-state index contributed by atoms with van der Waals surface area (Å²) in [5, 5.41) is 22.5. The number of aliphatic hydroxyl groups is 1. The lowest BCUT2D eigenvalue weighted by molar-refractivity contribution is 0.0921. The van der Waals surface area contributed by atoms with Gasteiger partial charge in [0.2, 0.25) is 0 Å². The Labute approximate surface area is 132 Å². The third-order valence-corrected chi connectivity index (χ3v) is 4.16. The molecule has 0 aromatic carbocycles. The molecule has 0 saturated carbocycles. The molecule has 1 fully saturated rings. The molecule has 2 unspecified atom stereocenters. The average molecular weight is 368 g/mol. The molecule has 8 heteroatoms. The van der Waals surface area contributed by atoms with Gasteiger partial charge in [-0.25, -0.2) is 0 Å². The zero-order valence-electron chi connectivity index (χ0n) is 11.4. The lowest BCUT2D eigenvalue weighted by Crippen LogP contribution is -2.34. The van der Waals surface area contributed by atoms with E-state index < -0.39 is 6.10 Å². The third kappa shape index (κ3) is 3.72. The van der Waals surface area contributed by atoms with Crippen molar-refractivity contribution < 1.29 is 9.90 Å². The summed E-state index contributed by atoms with van der Waals surface area (Å²) in [5.74, 6) is 0.102. The number of aliphatic hydroxyl groups excluding tert-OH is 1. The number of nitrogens with zero attached hydrogens (tertiary/aromatic N) is 1. The lowest BCUT2D eigenvalue weighted by atomic mass is 10.1. The van der Waals surface area contributed by atoms with Gasteiger partial charge in [0.1, 0.15) is 0 Å². The molecule has 0 radical (unpaired) electrons. The van der Waals surface area contributed by atoms with Crippen LogP contribution in [0.4, 0.5) is 0 Å². The van der Waals surface area contributed by atoms with Gasteiger partial charge in [0.25, 0.3) is 5.91 Å². The van der Waals surface area contributed by atoms with Gasteiger partial charge in [-0.3, -0.25) is 9.89 Å². The maximum absolute atomic E-state index is 12.0. The van der Waals surface area contributed by atoms with E-state index in [9.17, 15) is 9.90 Å². The minimum absolute atomic E-state index is 0. The Morgan fingerprint density at radius 1 is 1.55 bits per heavy atom. The number of halogens is 2. The second-order valence-corrected chi connectivity index (χ2v) is 5.94. The van der Waals surface area contributed by atoms with Crippen molar-refractivity contribution in [3.8, 4) is 0 Å². The van der Waals surface area contributed by atoms with E-state index in [1.165, 1.54) is 0 Å². The third-order valence-electron chi connectivity index (χ3n) is 3.35. The first kappa shape index (κ1) is 17.4. The zero-order chi connectivity index (χ0) is 14.0. The summed E-state index contributed by atoms with van der Waals surface area (Å²) in [7, 11) is 0. The van der Waals surface area contributed by atoms with E-state index in [4.69, 9.17) is 0 Å². The number of rotatable bonds is 4. The topological polar surface area (TPSA) is 90.0 Å². The number of hydrogen-bond donors (Lipinski definition) is 4. The van der Waals surface area contributed by atoms with Crippen LogP contribution in [0.25, 0.3) is 0 Å². The molecule has 0 spiro atoms. The molecule has 1 aromatic rings. The highest BCUT2D eigenvalue weighted by atomic mass is 79.9. The fourth-order valence-corrected chi connectivity index (χ4v) is 2.93. The van der Waals surface area contributed by atoms with Crippen molar-refractivity contribution in [2.24, 2.45) is 5.92 Å². The molecule has 1 aromatic heterocycles. The van der Waals surface area contributed by atoms with Crippen molar-refractivity contribution in [3.05, 3.63) is 15.9 Å². The van der Waals surface area contributed by atoms with Crippen molar-refractivity contribution in [3.63, 3.8) is 0 Å². The number of hydrogen-bond acceptors (Lipinski definition) is 4. The van der Waals surface area contributed by atoms with Crippen molar-refractivity contribution in [2.75, 3.05) is 19.6 Å². The van der Waals surface area contributed by atoms with Crippen LogP contribution in [0.3, 0.4) is 0 Å². The molecule has 0 aliphatic carbocycles. The molecule has 2 heterocycles. The SMILES string of the molecule is CC(C)c1[nH]nc(C(=O)NCC2CNCC2O)c1Br.Cl. The van der Waals surface area contributed by atoms with Crippen LogP contribution in [-0.4, -0.2) is 46.9 Å². The lowest BCUT2D eigenvalue weighted by Gasteiger charge is -2.13. The summed E-state index contributed by atoms with van der Waals surface area (Å²) in [4.78, 5) is 12.0. The maximum Gasteiger partial charge on any atom is 0.272 e. The average Bonchev–Trinajstić information content (AvgIpc) is 2.92. The molecule has 4 N–H and O–H groups in total. The fourth-order valence-electron chi connectivity index (χ4n) is 2.11. The van der Waals surface area contributed by atoms with Gasteiger partial charge >= 0.3 is 0 Å². The van der Waals surface area contributed by atoms with E-state index in [2.05, 4.69) is 36.8 Å². The normalized spacial score (nSPS) is 21.9. The number of nitrogens with one attached hydrogen (secondary N) is 3. The molecule has 1 saturated heterocycles. The predicted octanol–water partition coefficient (Wildman–Crippen LogP) is 1.03. The van der Waals surface area contributed by atoms with Gasteiger partial charge < -0.3 is 15.7 Å². The number of β-amino-alcohol motifs (C(OH)–C–C–N with tert-alkyl or cyclic N) is 1. The summed E-state index contributed by atoms with van der Waals surface area (Å²) >= 11 is 3.40. The summed E-state index contributed by atoms with van der Waals surface area (Å²) in [5.41, 5.74) is 1.27. The molecular weight excluding hydrogens is 348 g/mol. The summed E-state index contributed by atoms with van der Waals surface area (Å²) in [6.07, 6.45) is -0.394. The Morgan fingerprint density at radius 2 is 2.25 bits per heavy atom. The van der Waals surface area contributed by atoms with Crippen LogP contribution < -0.4 is 10.6 Å². The second kappa shape index (κ2) is 7.40. The van der Waals surface area contributed by atoms with E-state index in [0.717, 1.165) is 12.2 Å². The first-order chi connectivity index (χ1) is 9.00. The van der Waals surface area contributed by atoms with Crippen LogP contribution in [0, 0.1) is 5.92 Å². The number of aromatic nitrogens is 2. The molecule has 1 aliphatic heterocycles. The van der Waals surface area contributed by atoms with Crippen LogP contribution in [0.15, 0.2) is 4.47 Å². The van der Waals surface area contributed by atoms with Crippen LogP contribution in [0.2, 0.25) is 0 Å². The molecule has 1 aliphatic rings. The second-order valence-electron chi connectivity index (χ2n) is 5.15. The van der Waals surface area contributed by atoms with Crippen LogP contribution in [-0.2, 0) is 0 Å². The zero-order valence-corrected chi connectivity index (χ0v) is 13.8. The summed E-state index contributed by atoms with van der Waals surface area (Å²) < 4.78 is 0.713. The Bertz CT molecular complexity index is 466. The van der Waals surface area contributed by atoms with Gasteiger partial charge in [-0.1, -0.05) is 13.8 Å². The molecule has 2 atom stereocenters. The van der Waals surface area contributed by atoms with E-state index in [1.54, 1.807) is 0 Å². The van der Waals surface area contributed by atoms with Crippen molar-refractivity contribution in [2.45, 2.75) is 25.9 Å². The van der Waals surface area contributed by atoms with Crippen LogP contribution in [0.1, 0.15) is 35.9 Å². The van der Waals surface area contributed by atoms with Gasteiger partial charge in [0.05, 0.1) is 16.3 Å². The number of aromatic amines is 1. The first-order valence-electron chi connectivity index (χ1n) is 6.41. The van der Waals surface area contributed by atoms with E-state index >= 15 is 0 Å². The Hall–Kier alpha value is -0.630. The molecular formula is C12H20BrClN4O2. The minimum Gasteiger partial charge on any atom is -0.391 e. The van der Waals surface area contributed by atoms with E-state index in [0.29, 0.717) is 23.3 Å². The highest BCUT2D eigenvalue weighted by Crippen LogP contribution is 2.25. The molecule has 1 amide bonds. The van der Waals surface area contributed by atoms with E-state index in [1.807, 2.05) is 13.8 Å². The quantitative estimate of drug-likeness (QED) is 0.640. The van der Waals surface area contributed by atoms with Gasteiger partial charge in [-0.05, 0) is 21.8 Å². The van der Waals surface area contributed by atoms with E-state index in [-0.39, 0.29) is 30.2 Å². The highest BCUT2D eigenvalue weighted by Gasteiger charge is 2.26. The Balaban J connectivity index is 0.00000200. The summed E-state index contributed by atoms with van der Waals surface area (Å²) in [6, 6.07) is 0. The fraction of sp³-hybridized carbons (Fsp3) is 0.667. The molecule has 0 bridgehead atoms. The molecule has 20 heavy (non-hydrogen) atoms. The first-order valence-corrected chi connectivity index (χ1v) is 7.20. The number of carbonyl (C=O) groups excluding carboxylic acids is 1. The maximum atomic E-state index is 12.0. The van der Waals surface area contributed by atoms with Gasteiger partial charge in [-0.15, -0.1) is 12.4 Å². The molecule has 114 valence electrons. The monoisotopic (exact) mass is 366 g/mol. The largest absolute Gasteiger partial charge is 0.391 e. The Morgan fingerprint density at radius 3 is 2.75 bits per heavy atom. The van der Waals surface area contributed by atoms with Crippen LogP contribution in [0.5, 0.6) is 0 Å². The van der Waals surface area contributed by atoms with Crippen molar-refractivity contribution >= 4 is 34.2 Å². The smallest absolute Gasteiger partial charge is 0.272 e. The van der Waals surface area contributed by atoms with Gasteiger partial charge in [-0.2, -0.15) is 5.10 Å². The van der Waals surface area contributed by atoms with Crippen molar-refractivity contribution in [1.82, 2.24) is 20.8 Å². The minimum atomic E-state index is -0.394. The summed E-state index contributed by atoms with van der Waals surface area (Å²) in [6.45, 7) is 5.81.